The predicted molar refractivity (Wildman–Crippen MR) is 104 cm³/mol. The molecule has 4 aromatic rings. The molecule has 0 aliphatic carbocycles. The third-order valence-electron chi connectivity index (χ3n) is 4.63. The summed E-state index contributed by atoms with van der Waals surface area (Å²) in [4.78, 5) is 26.4. The van der Waals surface area contributed by atoms with Crippen molar-refractivity contribution in [2.45, 2.75) is 13.5 Å². The van der Waals surface area contributed by atoms with E-state index in [9.17, 15) is 14.0 Å². The maximum Gasteiger partial charge on any atom is 0.271 e. The summed E-state index contributed by atoms with van der Waals surface area (Å²) >= 11 is 0. The Morgan fingerprint density at radius 2 is 1.96 bits per heavy atom. The Morgan fingerprint density at radius 1 is 1.14 bits per heavy atom. The van der Waals surface area contributed by atoms with E-state index in [1.165, 1.54) is 18.2 Å². The van der Waals surface area contributed by atoms with Crippen LogP contribution in [0.15, 0.2) is 59.4 Å². The minimum Gasteiger partial charge on any atom is -0.354 e. The zero-order valence-electron chi connectivity index (χ0n) is 15.0. The summed E-state index contributed by atoms with van der Waals surface area (Å²) in [5, 5.41) is 9.68. The average Bonchev–Trinajstić information content (AvgIpc) is 3.03. The molecule has 4 rings (SSSR count). The molecule has 0 unspecified atom stereocenters. The van der Waals surface area contributed by atoms with Crippen LogP contribution in [-0.4, -0.2) is 21.1 Å². The van der Waals surface area contributed by atoms with Crippen molar-refractivity contribution in [3.63, 3.8) is 0 Å². The van der Waals surface area contributed by atoms with Gasteiger partial charge >= 0.3 is 0 Å². The molecule has 0 bridgehead atoms. The number of amides is 1. The van der Waals surface area contributed by atoms with Crippen LogP contribution >= 0.6 is 0 Å². The van der Waals surface area contributed by atoms with Crippen LogP contribution in [0, 0.1) is 12.7 Å². The van der Waals surface area contributed by atoms with Gasteiger partial charge in [-0.2, -0.15) is 5.10 Å². The smallest absolute Gasteiger partial charge is 0.271 e. The monoisotopic (exact) mass is 376 g/mol. The standard InChI is InChI=1S/C21H17FN4O2/c1-12-15-10-13(11-23-21(28)18-8-9-19(27)26-25-18)6-7-17(15)24-20(12)14-4-2-3-5-16(14)22/h2-10,24H,11H2,1H3,(H,23,28)(H,26,27). The number of fused-ring (bicyclic) bond motifs is 1. The van der Waals surface area contributed by atoms with E-state index in [2.05, 4.69) is 20.5 Å². The van der Waals surface area contributed by atoms with Gasteiger partial charge in [0, 0.05) is 29.1 Å². The van der Waals surface area contributed by atoms with Gasteiger partial charge in [0.1, 0.15) is 11.5 Å². The van der Waals surface area contributed by atoms with Crippen molar-refractivity contribution in [3.05, 3.63) is 87.6 Å². The summed E-state index contributed by atoms with van der Waals surface area (Å²) in [6, 6.07) is 15.0. The van der Waals surface area contributed by atoms with Crippen LogP contribution in [-0.2, 0) is 6.54 Å². The number of halogens is 1. The lowest BCUT2D eigenvalue weighted by Crippen LogP contribution is -2.25. The summed E-state index contributed by atoms with van der Waals surface area (Å²) in [6.07, 6.45) is 0. The zero-order chi connectivity index (χ0) is 19.7. The quantitative estimate of drug-likeness (QED) is 0.510. The normalized spacial score (nSPS) is 10.9. The van der Waals surface area contributed by atoms with E-state index in [4.69, 9.17) is 0 Å². The van der Waals surface area contributed by atoms with Crippen LogP contribution in [0.25, 0.3) is 22.2 Å². The van der Waals surface area contributed by atoms with E-state index in [-0.39, 0.29) is 23.0 Å². The molecule has 7 heteroatoms. The van der Waals surface area contributed by atoms with Crippen molar-refractivity contribution < 1.29 is 9.18 Å². The molecule has 0 atom stereocenters. The van der Waals surface area contributed by atoms with Gasteiger partial charge in [0.05, 0.1) is 5.69 Å². The Morgan fingerprint density at radius 3 is 2.71 bits per heavy atom. The highest BCUT2D eigenvalue weighted by molar-refractivity contribution is 5.93. The first-order valence-electron chi connectivity index (χ1n) is 8.73. The lowest BCUT2D eigenvalue weighted by Gasteiger charge is -2.05. The van der Waals surface area contributed by atoms with E-state index < -0.39 is 0 Å². The Hall–Kier alpha value is -3.74. The summed E-state index contributed by atoms with van der Waals surface area (Å²) < 4.78 is 14.2. The number of carbonyl (C=O) groups excluding carboxylic acids is 1. The number of H-pyrrole nitrogens is 2. The van der Waals surface area contributed by atoms with E-state index >= 15 is 0 Å². The highest BCUT2D eigenvalue weighted by atomic mass is 19.1. The molecule has 0 aliphatic heterocycles. The molecule has 0 saturated heterocycles. The van der Waals surface area contributed by atoms with Crippen molar-refractivity contribution in [2.75, 3.05) is 0 Å². The Bertz CT molecular complexity index is 1220. The fraction of sp³-hybridized carbons (Fsp3) is 0.0952. The van der Waals surface area contributed by atoms with Gasteiger partial charge in [-0.15, -0.1) is 0 Å². The molecular formula is C21H17FN4O2. The minimum atomic E-state index is -0.380. The molecule has 0 radical (unpaired) electrons. The molecule has 0 spiro atoms. The number of rotatable bonds is 4. The van der Waals surface area contributed by atoms with E-state index in [0.717, 1.165) is 27.7 Å². The first kappa shape index (κ1) is 17.7. The summed E-state index contributed by atoms with van der Waals surface area (Å²) in [7, 11) is 0. The van der Waals surface area contributed by atoms with Crippen molar-refractivity contribution in [1.29, 1.82) is 0 Å². The second kappa shape index (κ2) is 7.11. The van der Waals surface area contributed by atoms with Crippen LogP contribution in [0.3, 0.4) is 0 Å². The molecule has 6 nitrogen and oxygen atoms in total. The maximum absolute atomic E-state index is 14.2. The topological polar surface area (TPSA) is 90.6 Å². The Kier molecular flexibility index (Phi) is 4.49. The minimum absolute atomic E-state index is 0.139. The first-order chi connectivity index (χ1) is 13.5. The fourth-order valence-electron chi connectivity index (χ4n) is 3.16. The number of aromatic amines is 2. The number of carbonyl (C=O) groups is 1. The van der Waals surface area contributed by atoms with Crippen molar-refractivity contribution >= 4 is 16.8 Å². The zero-order valence-corrected chi connectivity index (χ0v) is 15.0. The van der Waals surface area contributed by atoms with Gasteiger partial charge in [-0.1, -0.05) is 18.2 Å². The van der Waals surface area contributed by atoms with E-state index in [0.29, 0.717) is 12.1 Å². The molecule has 1 amide bonds. The molecule has 2 heterocycles. The van der Waals surface area contributed by atoms with Crippen LogP contribution < -0.4 is 10.9 Å². The summed E-state index contributed by atoms with van der Waals surface area (Å²) in [5.74, 6) is -0.660. The number of nitrogens with one attached hydrogen (secondary N) is 3. The number of benzene rings is 2. The molecule has 2 aromatic carbocycles. The lowest BCUT2D eigenvalue weighted by atomic mass is 10.0. The molecule has 140 valence electrons. The van der Waals surface area contributed by atoms with Gasteiger partial charge in [0.2, 0.25) is 0 Å². The Balaban J connectivity index is 1.59. The SMILES string of the molecule is Cc1c(-c2ccccc2F)[nH]c2ccc(CNC(=O)c3ccc(=O)[nH]n3)cc12. The molecule has 3 N–H and O–H groups in total. The molecule has 0 fully saturated rings. The number of hydrogen-bond acceptors (Lipinski definition) is 3. The van der Waals surface area contributed by atoms with Crippen molar-refractivity contribution in [3.8, 4) is 11.3 Å². The highest BCUT2D eigenvalue weighted by Crippen LogP contribution is 2.31. The Labute approximate surface area is 159 Å². The largest absolute Gasteiger partial charge is 0.354 e. The van der Waals surface area contributed by atoms with Gasteiger partial charge in [-0.05, 0) is 48.4 Å². The van der Waals surface area contributed by atoms with Crippen LogP contribution in [0.4, 0.5) is 4.39 Å². The predicted octanol–water partition coefficient (Wildman–Crippen LogP) is 3.30. The van der Waals surface area contributed by atoms with Crippen molar-refractivity contribution in [2.24, 2.45) is 0 Å². The lowest BCUT2D eigenvalue weighted by molar-refractivity contribution is 0.0945. The van der Waals surface area contributed by atoms with Gasteiger partial charge in [0.25, 0.3) is 11.5 Å². The maximum atomic E-state index is 14.2. The van der Waals surface area contributed by atoms with Crippen molar-refractivity contribution in [1.82, 2.24) is 20.5 Å². The first-order valence-corrected chi connectivity index (χ1v) is 8.73. The van der Waals surface area contributed by atoms with Gasteiger partial charge in [-0.25, -0.2) is 9.49 Å². The highest BCUT2D eigenvalue weighted by Gasteiger charge is 2.13. The average molecular weight is 376 g/mol. The van der Waals surface area contributed by atoms with Crippen LogP contribution in [0.2, 0.25) is 0 Å². The third-order valence-corrected chi connectivity index (χ3v) is 4.63. The third kappa shape index (κ3) is 3.29. The summed E-state index contributed by atoms with van der Waals surface area (Å²) in [5.41, 5.74) is 3.77. The molecule has 2 aromatic heterocycles. The van der Waals surface area contributed by atoms with Crippen LogP contribution in [0.1, 0.15) is 21.6 Å². The van der Waals surface area contributed by atoms with Crippen LogP contribution in [0.5, 0.6) is 0 Å². The summed E-state index contributed by atoms with van der Waals surface area (Å²) in [6.45, 7) is 2.24. The molecule has 0 saturated carbocycles. The second-order valence-corrected chi connectivity index (χ2v) is 6.47. The number of aromatic nitrogens is 3. The van der Waals surface area contributed by atoms with Gasteiger partial charge in [-0.3, -0.25) is 9.59 Å². The number of hydrogen-bond donors (Lipinski definition) is 3. The number of nitrogens with zero attached hydrogens (tertiary/aromatic N) is 1. The second-order valence-electron chi connectivity index (χ2n) is 6.47. The molecular weight excluding hydrogens is 359 g/mol. The molecule has 28 heavy (non-hydrogen) atoms. The molecule has 0 aliphatic rings. The van der Waals surface area contributed by atoms with E-state index in [1.54, 1.807) is 18.2 Å². The van der Waals surface area contributed by atoms with Gasteiger partial charge in [0.15, 0.2) is 0 Å². The number of aryl methyl sites for hydroxylation is 1. The van der Waals surface area contributed by atoms with E-state index in [1.807, 2.05) is 25.1 Å². The van der Waals surface area contributed by atoms with Gasteiger partial charge < -0.3 is 10.3 Å². The fourth-order valence-corrected chi connectivity index (χ4v) is 3.16.